The molecule has 0 aliphatic heterocycles. The summed E-state index contributed by atoms with van der Waals surface area (Å²) in [5.74, 6) is 0.535. The van der Waals surface area contributed by atoms with Gasteiger partial charge in [-0.25, -0.2) is 9.97 Å². The highest BCUT2D eigenvalue weighted by Gasteiger charge is 2.18. The predicted octanol–water partition coefficient (Wildman–Crippen LogP) is 4.18. The summed E-state index contributed by atoms with van der Waals surface area (Å²) < 4.78 is 0. The molecule has 0 saturated carbocycles. The van der Waals surface area contributed by atoms with E-state index in [1.165, 1.54) is 6.07 Å². The predicted molar refractivity (Wildman–Crippen MR) is 78.5 cm³/mol. The van der Waals surface area contributed by atoms with E-state index in [4.69, 9.17) is 23.2 Å². The van der Waals surface area contributed by atoms with Crippen molar-refractivity contribution in [2.45, 2.75) is 40.5 Å². The first-order chi connectivity index (χ1) is 8.65. The molecule has 0 radical (unpaired) electrons. The molecule has 0 aliphatic rings. The molecule has 1 unspecified atom stereocenters. The quantitative estimate of drug-likeness (QED) is 0.670. The Bertz CT molecular complexity index is 437. The Morgan fingerprint density at radius 2 is 2.00 bits per heavy atom. The summed E-state index contributed by atoms with van der Waals surface area (Å²) >= 11 is 11.4. The Morgan fingerprint density at radius 3 is 2.53 bits per heavy atom. The summed E-state index contributed by atoms with van der Waals surface area (Å²) in [5.41, 5.74) is 0.210. The lowest BCUT2D eigenvalue weighted by atomic mass is 9.84. The van der Waals surface area contributed by atoms with Gasteiger partial charge in [0.15, 0.2) is 0 Å². The van der Waals surface area contributed by atoms with E-state index in [0.29, 0.717) is 18.2 Å². The van der Waals surface area contributed by atoms with E-state index < -0.39 is 0 Å². The minimum Gasteiger partial charge on any atom is -0.311 e. The maximum absolute atomic E-state index is 11.9. The van der Waals surface area contributed by atoms with Gasteiger partial charge in [-0.05, 0) is 29.4 Å². The molecule has 1 heterocycles. The van der Waals surface area contributed by atoms with Crippen LogP contribution < -0.4 is 5.32 Å². The molecular weight excluding hydrogens is 285 g/mol. The number of anilines is 1. The van der Waals surface area contributed by atoms with Gasteiger partial charge in [0.05, 0.1) is 0 Å². The molecule has 0 saturated heterocycles. The van der Waals surface area contributed by atoms with E-state index in [2.05, 4.69) is 43.0 Å². The summed E-state index contributed by atoms with van der Waals surface area (Å²) in [6.45, 7) is 8.53. The van der Waals surface area contributed by atoms with Crippen molar-refractivity contribution < 1.29 is 4.79 Å². The minimum absolute atomic E-state index is 0.0190. The lowest BCUT2D eigenvalue weighted by Gasteiger charge is -2.22. The van der Waals surface area contributed by atoms with Gasteiger partial charge in [0.1, 0.15) is 11.0 Å². The van der Waals surface area contributed by atoms with Gasteiger partial charge in [-0.2, -0.15) is 0 Å². The normalized spacial score (nSPS) is 13.2. The molecule has 1 rings (SSSR count). The number of nitrogens with one attached hydrogen (secondary N) is 1. The van der Waals surface area contributed by atoms with Gasteiger partial charge in [0.2, 0.25) is 11.2 Å². The Balaban J connectivity index is 2.55. The van der Waals surface area contributed by atoms with Crippen LogP contribution in [0, 0.1) is 11.3 Å². The largest absolute Gasteiger partial charge is 0.311 e. The lowest BCUT2D eigenvalue weighted by Crippen LogP contribution is -2.19. The molecule has 106 valence electrons. The second-order valence-electron chi connectivity index (χ2n) is 5.97. The van der Waals surface area contributed by atoms with Crippen molar-refractivity contribution >= 4 is 34.9 Å². The molecule has 1 amide bonds. The fraction of sp³-hybridized carbons (Fsp3) is 0.615. The topological polar surface area (TPSA) is 54.9 Å². The van der Waals surface area contributed by atoms with E-state index in [0.717, 1.165) is 6.42 Å². The van der Waals surface area contributed by atoms with Gasteiger partial charge in [-0.3, -0.25) is 4.79 Å². The third kappa shape index (κ3) is 6.73. The monoisotopic (exact) mass is 303 g/mol. The van der Waals surface area contributed by atoms with Crippen LogP contribution >= 0.6 is 23.2 Å². The first-order valence-corrected chi connectivity index (χ1v) is 6.91. The first-order valence-electron chi connectivity index (χ1n) is 6.15. The van der Waals surface area contributed by atoms with Gasteiger partial charge in [0.25, 0.3) is 0 Å². The number of rotatable bonds is 4. The highest BCUT2D eigenvalue weighted by Crippen LogP contribution is 2.26. The molecule has 0 fully saturated rings. The molecule has 19 heavy (non-hydrogen) atoms. The molecule has 0 bridgehead atoms. The Kier molecular flexibility index (Phi) is 5.56. The van der Waals surface area contributed by atoms with Crippen LogP contribution in [0.15, 0.2) is 6.07 Å². The zero-order valence-corrected chi connectivity index (χ0v) is 13.1. The maximum atomic E-state index is 11.9. The lowest BCUT2D eigenvalue weighted by molar-refractivity contribution is -0.117. The first kappa shape index (κ1) is 16.2. The molecule has 4 nitrogen and oxygen atoms in total. The Hall–Kier alpha value is -0.870. The highest BCUT2D eigenvalue weighted by atomic mass is 35.5. The van der Waals surface area contributed by atoms with Gasteiger partial charge < -0.3 is 5.32 Å². The molecule has 1 aromatic heterocycles. The van der Waals surface area contributed by atoms with E-state index in [9.17, 15) is 4.79 Å². The van der Waals surface area contributed by atoms with Crippen molar-refractivity contribution in [1.29, 1.82) is 0 Å². The van der Waals surface area contributed by atoms with E-state index in [-0.39, 0.29) is 21.8 Å². The summed E-state index contributed by atoms with van der Waals surface area (Å²) in [7, 11) is 0. The number of amides is 1. The van der Waals surface area contributed by atoms with Gasteiger partial charge in [-0.1, -0.05) is 39.3 Å². The number of aromatic nitrogens is 2. The number of nitrogens with zero attached hydrogens (tertiary/aromatic N) is 2. The molecule has 1 aromatic rings. The Labute approximate surface area is 123 Å². The SMILES string of the molecule is CC(CC(=O)Nc1cc(Cl)nc(Cl)n1)CC(C)(C)C. The van der Waals surface area contributed by atoms with Gasteiger partial charge in [-0.15, -0.1) is 0 Å². The molecule has 1 atom stereocenters. The fourth-order valence-electron chi connectivity index (χ4n) is 2.08. The van der Waals surface area contributed by atoms with Crippen LogP contribution in [0.1, 0.15) is 40.5 Å². The second kappa shape index (κ2) is 6.53. The minimum atomic E-state index is -0.0948. The molecule has 0 spiro atoms. The third-order valence-electron chi connectivity index (χ3n) is 2.43. The number of carbonyl (C=O) groups excluding carboxylic acids is 1. The van der Waals surface area contributed by atoms with Gasteiger partial charge in [0, 0.05) is 12.5 Å². The van der Waals surface area contributed by atoms with E-state index in [1.54, 1.807) is 0 Å². The zero-order valence-electron chi connectivity index (χ0n) is 11.6. The van der Waals surface area contributed by atoms with Crippen LogP contribution in [0.4, 0.5) is 5.82 Å². The van der Waals surface area contributed by atoms with Crippen molar-refractivity contribution in [3.63, 3.8) is 0 Å². The number of carbonyl (C=O) groups is 1. The average Bonchev–Trinajstić information content (AvgIpc) is 2.10. The standard InChI is InChI=1S/C13H19Cl2N3O/c1-8(7-13(2,3)4)5-11(19)17-10-6-9(14)16-12(15)18-10/h6,8H,5,7H2,1-4H3,(H,16,17,18,19). The van der Waals surface area contributed by atoms with Crippen LogP contribution in [0.3, 0.4) is 0 Å². The molecule has 6 heteroatoms. The van der Waals surface area contributed by atoms with Crippen LogP contribution in [0.5, 0.6) is 0 Å². The summed E-state index contributed by atoms with van der Waals surface area (Å²) in [5, 5.41) is 2.91. The summed E-state index contributed by atoms with van der Waals surface area (Å²) in [6.07, 6.45) is 1.42. The smallest absolute Gasteiger partial charge is 0.225 e. The second-order valence-corrected chi connectivity index (χ2v) is 6.69. The number of hydrogen-bond donors (Lipinski definition) is 1. The van der Waals surface area contributed by atoms with Crippen LogP contribution in [-0.4, -0.2) is 15.9 Å². The van der Waals surface area contributed by atoms with Gasteiger partial charge >= 0.3 is 0 Å². The van der Waals surface area contributed by atoms with Crippen LogP contribution in [0.2, 0.25) is 10.4 Å². The van der Waals surface area contributed by atoms with Crippen molar-refractivity contribution in [1.82, 2.24) is 9.97 Å². The van der Waals surface area contributed by atoms with E-state index >= 15 is 0 Å². The fourth-order valence-corrected chi connectivity index (χ4v) is 2.49. The highest BCUT2D eigenvalue weighted by molar-refractivity contribution is 6.32. The van der Waals surface area contributed by atoms with Crippen LogP contribution in [-0.2, 0) is 4.79 Å². The number of halogens is 2. The van der Waals surface area contributed by atoms with E-state index in [1.807, 2.05) is 0 Å². The molecule has 0 aromatic carbocycles. The Morgan fingerprint density at radius 1 is 1.37 bits per heavy atom. The molecule has 1 N–H and O–H groups in total. The maximum Gasteiger partial charge on any atom is 0.225 e. The van der Waals surface area contributed by atoms with Crippen LogP contribution in [0.25, 0.3) is 0 Å². The zero-order chi connectivity index (χ0) is 14.6. The van der Waals surface area contributed by atoms with Crippen molar-refractivity contribution in [3.8, 4) is 0 Å². The van der Waals surface area contributed by atoms with Crippen molar-refractivity contribution in [3.05, 3.63) is 16.5 Å². The molecule has 0 aliphatic carbocycles. The average molecular weight is 304 g/mol. The number of hydrogen-bond acceptors (Lipinski definition) is 3. The van der Waals surface area contributed by atoms with Crippen molar-refractivity contribution in [2.75, 3.05) is 5.32 Å². The molecular formula is C13H19Cl2N3O. The third-order valence-corrected chi connectivity index (χ3v) is 2.79. The van der Waals surface area contributed by atoms with Crippen molar-refractivity contribution in [2.24, 2.45) is 11.3 Å². The summed E-state index contributed by atoms with van der Waals surface area (Å²) in [6, 6.07) is 1.47. The summed E-state index contributed by atoms with van der Waals surface area (Å²) in [4.78, 5) is 19.5.